The predicted molar refractivity (Wildman–Crippen MR) is 245 cm³/mol. The Labute approximate surface area is 334 Å². The second-order valence-corrected chi connectivity index (χ2v) is 15.4. The van der Waals surface area contributed by atoms with E-state index in [1.54, 1.807) is 0 Å². The molecule has 0 aliphatic heterocycles. The van der Waals surface area contributed by atoms with Gasteiger partial charge in [0.15, 0.2) is 0 Å². The topological polar surface area (TPSA) is 17.8 Å². The van der Waals surface area contributed by atoms with Crippen LogP contribution in [0.4, 0.5) is 0 Å². The number of para-hydroxylation sites is 2. The third-order valence-electron chi connectivity index (χ3n) is 11.9. The summed E-state index contributed by atoms with van der Waals surface area (Å²) in [6.07, 6.45) is 24.3. The molecule has 1 heterocycles. The molecule has 57 heavy (non-hydrogen) atoms. The van der Waals surface area contributed by atoms with E-state index in [0.717, 1.165) is 33.7 Å². The van der Waals surface area contributed by atoms with Crippen molar-refractivity contribution in [1.82, 2.24) is 9.55 Å². The molecule has 272 valence electrons. The number of nitrogens with zero attached hydrogens (tertiary/aromatic N) is 2. The Kier molecular flexibility index (Phi) is 8.42. The first kappa shape index (κ1) is 34.5. The van der Waals surface area contributed by atoms with Gasteiger partial charge in [0.1, 0.15) is 5.82 Å². The molecule has 2 aliphatic carbocycles. The van der Waals surface area contributed by atoms with Gasteiger partial charge in [-0.15, -0.1) is 0 Å². The summed E-state index contributed by atoms with van der Waals surface area (Å²) in [7, 11) is 0. The number of fused-ring (bicyclic) bond motifs is 5. The minimum absolute atomic E-state index is 0.0829. The lowest BCUT2D eigenvalue weighted by atomic mass is 9.69. The average Bonchev–Trinajstić information content (AvgIpc) is 3.64. The predicted octanol–water partition coefficient (Wildman–Crippen LogP) is 14.8. The fraction of sp³-hybridized carbons (Fsp3) is 0.0727. The first-order valence-corrected chi connectivity index (χ1v) is 19.8. The van der Waals surface area contributed by atoms with Crippen molar-refractivity contribution in [2.24, 2.45) is 11.3 Å². The largest absolute Gasteiger partial charge is 0.292 e. The molecule has 7 aromatic carbocycles. The summed E-state index contributed by atoms with van der Waals surface area (Å²) in [6.45, 7) is 8.52. The lowest BCUT2D eigenvalue weighted by Crippen LogP contribution is -2.24. The molecule has 2 unspecified atom stereocenters. The third-order valence-corrected chi connectivity index (χ3v) is 11.9. The molecule has 0 fully saturated rings. The molecule has 0 N–H and O–H groups in total. The minimum Gasteiger partial charge on any atom is -0.292 e. The van der Waals surface area contributed by atoms with Gasteiger partial charge in [0.25, 0.3) is 0 Å². The molecule has 10 rings (SSSR count). The van der Waals surface area contributed by atoms with E-state index in [9.17, 15) is 0 Å². The van der Waals surface area contributed by atoms with Crippen molar-refractivity contribution in [3.8, 4) is 33.6 Å². The minimum atomic E-state index is -0.0829. The average molecular weight is 731 g/mol. The molecular weight excluding hydrogens is 689 g/mol. The number of rotatable bonds is 7. The van der Waals surface area contributed by atoms with Crippen LogP contribution < -0.4 is 0 Å². The summed E-state index contributed by atoms with van der Waals surface area (Å²) in [5.41, 5.74) is 11.3. The zero-order chi connectivity index (χ0) is 38.5. The highest BCUT2D eigenvalue weighted by atomic mass is 15.1. The van der Waals surface area contributed by atoms with Gasteiger partial charge in [-0.25, -0.2) is 4.98 Å². The Morgan fingerprint density at radius 2 is 1.37 bits per heavy atom. The van der Waals surface area contributed by atoms with Crippen LogP contribution in [0.25, 0.3) is 88.3 Å². The number of hydrogen-bond acceptors (Lipinski definition) is 1. The lowest BCUT2D eigenvalue weighted by Gasteiger charge is -2.34. The van der Waals surface area contributed by atoms with E-state index in [0.29, 0.717) is 5.92 Å². The number of imidazole rings is 1. The van der Waals surface area contributed by atoms with Crippen LogP contribution in [0.3, 0.4) is 0 Å². The summed E-state index contributed by atoms with van der Waals surface area (Å²) < 4.78 is 2.20. The fourth-order valence-corrected chi connectivity index (χ4v) is 8.97. The van der Waals surface area contributed by atoms with Gasteiger partial charge >= 0.3 is 0 Å². The van der Waals surface area contributed by atoms with Crippen molar-refractivity contribution >= 4 is 54.6 Å². The number of aromatic nitrogens is 2. The van der Waals surface area contributed by atoms with E-state index in [1.807, 2.05) is 31.2 Å². The normalized spacial score (nSPS) is 17.9. The Morgan fingerprint density at radius 3 is 2.19 bits per heavy atom. The number of allylic oxidation sites excluding steroid dienone is 13. The van der Waals surface area contributed by atoms with Crippen LogP contribution >= 0.6 is 0 Å². The smallest absolute Gasteiger partial charge is 0.145 e. The zero-order valence-electron chi connectivity index (χ0n) is 32.2. The maximum Gasteiger partial charge on any atom is 0.145 e. The van der Waals surface area contributed by atoms with E-state index in [-0.39, 0.29) is 5.41 Å². The SMILES string of the molecule is C=C/C(=C\C=C/C)n1c(-c2ccc(-c3ccc4c(C5=CC6(C)C=CC=CC6C=C5)c5ccccc5c(-c5ccc6ccccc6c5)c4c3)cc2)nc2ccccc21. The molecule has 0 amide bonds. The van der Waals surface area contributed by atoms with Gasteiger partial charge in [0.2, 0.25) is 0 Å². The highest BCUT2D eigenvalue weighted by Crippen LogP contribution is 2.48. The zero-order valence-corrected chi connectivity index (χ0v) is 32.2. The monoisotopic (exact) mass is 730 g/mol. The third kappa shape index (κ3) is 5.84. The summed E-state index contributed by atoms with van der Waals surface area (Å²) in [4.78, 5) is 5.11. The Bertz CT molecular complexity index is 3100. The highest BCUT2D eigenvalue weighted by molar-refractivity contribution is 6.20. The van der Waals surface area contributed by atoms with Crippen LogP contribution in [-0.2, 0) is 0 Å². The first-order chi connectivity index (χ1) is 28.0. The van der Waals surface area contributed by atoms with Crippen molar-refractivity contribution in [1.29, 1.82) is 0 Å². The molecule has 0 radical (unpaired) electrons. The first-order valence-electron chi connectivity index (χ1n) is 19.8. The van der Waals surface area contributed by atoms with Gasteiger partial charge in [0, 0.05) is 22.6 Å². The fourth-order valence-electron chi connectivity index (χ4n) is 8.97. The van der Waals surface area contributed by atoms with Crippen molar-refractivity contribution in [2.45, 2.75) is 13.8 Å². The summed E-state index contributed by atoms with van der Waals surface area (Å²) in [5.74, 6) is 1.24. The molecule has 0 bridgehead atoms. The van der Waals surface area contributed by atoms with Gasteiger partial charge < -0.3 is 0 Å². The van der Waals surface area contributed by atoms with Gasteiger partial charge in [-0.2, -0.15) is 0 Å². The standard InChI is InChI=1S/C55H42N2/c1-4-6-18-45(5-2)57-51-22-12-11-21-50(51)56-54(57)39-26-23-38(24-27-39)41-30-32-48-49(35-41)52(42-28-25-37-15-7-8-16-40(37)34-42)46-19-9-10-20-47(46)53(48)43-29-31-44-17-13-14-33-55(44,3)36-43/h4-36,44H,2H2,1,3H3/b6-4-,45-18+. The van der Waals surface area contributed by atoms with E-state index in [1.165, 1.54) is 60.1 Å². The van der Waals surface area contributed by atoms with Crippen LogP contribution in [0.1, 0.15) is 19.4 Å². The van der Waals surface area contributed by atoms with Crippen molar-refractivity contribution in [3.05, 3.63) is 212 Å². The summed E-state index contributed by atoms with van der Waals surface area (Å²) >= 11 is 0. The van der Waals surface area contributed by atoms with Crippen molar-refractivity contribution < 1.29 is 0 Å². The molecule has 1 aromatic heterocycles. The van der Waals surface area contributed by atoms with Crippen LogP contribution in [0.2, 0.25) is 0 Å². The number of benzene rings is 7. The second-order valence-electron chi connectivity index (χ2n) is 15.4. The van der Waals surface area contributed by atoms with Crippen molar-refractivity contribution in [3.63, 3.8) is 0 Å². The van der Waals surface area contributed by atoms with Gasteiger partial charge in [0.05, 0.1) is 11.0 Å². The summed E-state index contributed by atoms with van der Waals surface area (Å²) in [6, 6.07) is 48.8. The molecule has 2 atom stereocenters. The van der Waals surface area contributed by atoms with E-state index < -0.39 is 0 Å². The molecule has 0 spiro atoms. The van der Waals surface area contributed by atoms with Gasteiger partial charge in [-0.05, 0) is 109 Å². The molecule has 2 nitrogen and oxygen atoms in total. The Morgan fingerprint density at radius 1 is 0.667 bits per heavy atom. The lowest BCUT2D eigenvalue weighted by molar-refractivity contribution is 0.454. The number of hydrogen-bond donors (Lipinski definition) is 0. The Hall–Kier alpha value is -7.03. The molecule has 0 saturated heterocycles. The van der Waals surface area contributed by atoms with Crippen LogP contribution in [0.15, 0.2) is 207 Å². The van der Waals surface area contributed by atoms with E-state index >= 15 is 0 Å². The molecular formula is C55H42N2. The van der Waals surface area contributed by atoms with Gasteiger partial charge in [-0.3, -0.25) is 4.57 Å². The molecule has 2 heteroatoms. The van der Waals surface area contributed by atoms with Crippen LogP contribution in [-0.4, -0.2) is 9.55 Å². The van der Waals surface area contributed by atoms with E-state index in [2.05, 4.69) is 194 Å². The van der Waals surface area contributed by atoms with E-state index in [4.69, 9.17) is 4.98 Å². The van der Waals surface area contributed by atoms with Gasteiger partial charge in [-0.1, -0.05) is 177 Å². The quantitative estimate of drug-likeness (QED) is 0.118. The maximum atomic E-state index is 5.11. The van der Waals surface area contributed by atoms with Crippen LogP contribution in [0.5, 0.6) is 0 Å². The summed E-state index contributed by atoms with van der Waals surface area (Å²) in [5, 5.41) is 7.50. The van der Waals surface area contributed by atoms with Crippen LogP contribution in [0, 0.1) is 11.3 Å². The Balaban J connectivity index is 1.17. The molecule has 8 aromatic rings. The second kappa shape index (κ2) is 13.9. The van der Waals surface area contributed by atoms with Crippen molar-refractivity contribution in [2.75, 3.05) is 0 Å². The highest BCUT2D eigenvalue weighted by Gasteiger charge is 2.31. The maximum absolute atomic E-state index is 5.11. The molecule has 0 saturated carbocycles. The molecule has 2 aliphatic rings.